The summed E-state index contributed by atoms with van der Waals surface area (Å²) in [4.78, 5) is 0. The molecule has 2 aliphatic carbocycles. The van der Waals surface area contributed by atoms with Gasteiger partial charge < -0.3 is 26.6 Å². The van der Waals surface area contributed by atoms with E-state index < -0.39 is 66.6 Å². The third-order valence-electron chi connectivity index (χ3n) is 11.8. The van der Waals surface area contributed by atoms with Crippen LogP contribution in [-0.2, 0) is 57.6 Å². The van der Waals surface area contributed by atoms with Crippen molar-refractivity contribution in [3.63, 3.8) is 0 Å². The van der Waals surface area contributed by atoms with Crippen molar-refractivity contribution in [2.24, 2.45) is 16.6 Å². The first-order valence-electron chi connectivity index (χ1n) is 23.5. The van der Waals surface area contributed by atoms with Gasteiger partial charge in [-0.3, -0.25) is 0 Å². The Balaban J connectivity index is 0.000000275. The van der Waals surface area contributed by atoms with Crippen molar-refractivity contribution in [3.05, 3.63) is 141 Å². The molecular formula is C52H73ClF4N4O6S2. The second-order valence-corrected chi connectivity index (χ2v) is 26.0. The molecule has 0 fully saturated rings. The smallest absolute Gasteiger partial charge is 0.229 e. The number of aryl methyl sites for hydroxylation is 2. The van der Waals surface area contributed by atoms with E-state index in [9.17, 15) is 44.6 Å². The number of halogens is 5. The number of rotatable bonds is 16. The average molecular weight is 1030 g/mol. The molecule has 0 unspecified atom stereocenters. The second-order valence-electron chi connectivity index (χ2n) is 21.2. The van der Waals surface area contributed by atoms with Gasteiger partial charge in [-0.15, -0.1) is 0 Å². The van der Waals surface area contributed by atoms with Gasteiger partial charge in [0.2, 0.25) is 19.1 Å². The van der Waals surface area contributed by atoms with E-state index in [0.717, 1.165) is 88.1 Å². The van der Waals surface area contributed by atoms with E-state index in [2.05, 4.69) is 104 Å². The van der Waals surface area contributed by atoms with Crippen LogP contribution in [0, 0.1) is 34.1 Å². The van der Waals surface area contributed by atoms with E-state index in [1.54, 1.807) is 0 Å². The molecular weight excluding hydrogens is 952 g/mol. The van der Waals surface area contributed by atoms with Crippen molar-refractivity contribution in [2.75, 3.05) is 25.6 Å². The first-order valence-corrected chi connectivity index (χ1v) is 28.1. The zero-order valence-corrected chi connectivity index (χ0v) is 43.6. The van der Waals surface area contributed by atoms with E-state index >= 15 is 0 Å². The van der Waals surface area contributed by atoms with Crippen LogP contribution in [0.4, 0.5) is 17.6 Å². The number of nitrogens with one attached hydrogen (secondary N) is 3. The van der Waals surface area contributed by atoms with Gasteiger partial charge in [0.05, 0.1) is 30.8 Å². The summed E-state index contributed by atoms with van der Waals surface area (Å²) in [5.41, 5.74) is 15.0. The molecule has 0 spiro atoms. The number of aliphatic hydroxyl groups excluding tert-OH is 2. The fraction of sp³-hybridized carbons (Fsp3) is 0.538. The molecule has 384 valence electrons. The first-order chi connectivity index (χ1) is 31.9. The molecule has 17 heteroatoms. The van der Waals surface area contributed by atoms with Gasteiger partial charge in [-0.1, -0.05) is 77.9 Å². The highest BCUT2D eigenvalue weighted by atomic mass is 35.7. The monoisotopic (exact) mass is 1020 g/mol. The van der Waals surface area contributed by atoms with Crippen LogP contribution in [0.2, 0.25) is 0 Å². The lowest BCUT2D eigenvalue weighted by Crippen LogP contribution is -2.49. The Labute approximate surface area is 412 Å². The fourth-order valence-corrected chi connectivity index (χ4v) is 9.83. The Hall–Kier alpha value is -3.45. The maximum atomic E-state index is 13.6. The van der Waals surface area contributed by atoms with Gasteiger partial charge >= 0.3 is 0 Å². The van der Waals surface area contributed by atoms with E-state index in [-0.39, 0.29) is 47.9 Å². The minimum Gasteiger partial charge on any atom is -0.390 e. The van der Waals surface area contributed by atoms with Crippen LogP contribution in [0.3, 0.4) is 0 Å². The highest BCUT2D eigenvalue weighted by Crippen LogP contribution is 2.34. The van der Waals surface area contributed by atoms with E-state index in [0.29, 0.717) is 12.1 Å². The predicted octanol–water partition coefficient (Wildman–Crippen LogP) is 8.68. The topological polar surface area (TPSA) is 171 Å². The highest BCUT2D eigenvalue weighted by Gasteiger charge is 2.28. The highest BCUT2D eigenvalue weighted by molar-refractivity contribution is 8.13. The maximum absolute atomic E-state index is 13.6. The Morgan fingerprint density at radius 3 is 1.38 bits per heavy atom. The van der Waals surface area contributed by atoms with Crippen molar-refractivity contribution in [3.8, 4) is 0 Å². The summed E-state index contributed by atoms with van der Waals surface area (Å²) < 4.78 is 99.1. The van der Waals surface area contributed by atoms with Crippen LogP contribution < -0.4 is 21.1 Å². The van der Waals surface area contributed by atoms with Gasteiger partial charge in [0.25, 0.3) is 0 Å². The number of hydrogen-bond donors (Lipinski definition) is 6. The van der Waals surface area contributed by atoms with Gasteiger partial charge in [-0.05, 0) is 144 Å². The molecule has 2 aliphatic rings. The molecule has 0 aliphatic heterocycles. The summed E-state index contributed by atoms with van der Waals surface area (Å²) in [6, 6.07) is 18.5. The minimum absolute atomic E-state index is 0.0401. The van der Waals surface area contributed by atoms with Crippen molar-refractivity contribution in [1.82, 2.24) is 15.4 Å². The standard InChI is InChI=1S/C26H36F2N2O3S.C25H34F2N2O.CH3ClO2S/c1-26(2,3)15-17-8-9-19-6-5-7-23(22(19)12-17)29-16-25(31)24(30-34(4,32)33)13-18-10-20(27)14-21(28)11-18;1-25(2,3)14-16-7-8-18-5-4-6-23(21(18)11-16)29-15-24(30)22(28)12-17-9-19(26)13-20(27)10-17;1-5(2,3)4/h8-12,14,23-25,29-31H,5-7,13,15-16H2,1-4H3;7-11,13,22-24,29-30H,4-6,12,14-15,28H2,1-3H3;1H3/t23-,24-,25+;22-,23-,24+;/m00./s1. The van der Waals surface area contributed by atoms with Crippen LogP contribution in [0.1, 0.15) is 124 Å². The second kappa shape index (κ2) is 25.3. The molecule has 0 heterocycles. The summed E-state index contributed by atoms with van der Waals surface area (Å²) in [6.07, 6.45) is 8.33. The van der Waals surface area contributed by atoms with Crippen molar-refractivity contribution < 1.29 is 44.6 Å². The third-order valence-corrected chi connectivity index (χ3v) is 12.5. The normalized spacial score (nSPS) is 18.0. The number of hydrogen-bond acceptors (Lipinski definition) is 9. The summed E-state index contributed by atoms with van der Waals surface area (Å²) in [7, 11) is -2.34. The first kappa shape index (κ1) is 58.1. The Morgan fingerprint density at radius 1 is 0.623 bits per heavy atom. The van der Waals surface area contributed by atoms with E-state index in [4.69, 9.17) is 5.73 Å². The fourth-order valence-electron chi connectivity index (χ4n) is 9.04. The van der Waals surface area contributed by atoms with Gasteiger partial charge in [0.1, 0.15) is 23.3 Å². The molecule has 0 saturated carbocycles. The largest absolute Gasteiger partial charge is 0.390 e. The molecule has 7 N–H and O–H groups in total. The lowest BCUT2D eigenvalue weighted by Gasteiger charge is -2.30. The van der Waals surface area contributed by atoms with Gasteiger partial charge in [-0.25, -0.2) is 39.1 Å². The zero-order valence-electron chi connectivity index (χ0n) is 41.2. The molecule has 0 amide bonds. The molecule has 4 aromatic rings. The molecule has 6 atom stereocenters. The van der Waals surface area contributed by atoms with Crippen LogP contribution in [0.15, 0.2) is 72.8 Å². The maximum Gasteiger partial charge on any atom is 0.229 e. The summed E-state index contributed by atoms with van der Waals surface area (Å²) >= 11 is 0. The van der Waals surface area contributed by atoms with Gasteiger partial charge in [0.15, 0.2) is 0 Å². The quantitative estimate of drug-likeness (QED) is 0.0475. The summed E-state index contributed by atoms with van der Waals surface area (Å²) in [5.74, 6) is -2.75. The molecule has 0 saturated heterocycles. The number of fused-ring (bicyclic) bond motifs is 2. The third kappa shape index (κ3) is 21.8. The SMILES string of the molecule is CC(C)(C)Cc1ccc2c(c1)[C@@H](NC[C@@H](O)[C@@H](N)Cc1cc(F)cc(F)c1)CCC2.CC(C)(C)Cc1ccc2c(c1)[C@@H](NC[C@@H](O)[C@H](Cc1cc(F)cc(F)c1)NS(C)(=O)=O)CCC2.CS(=O)(=O)Cl. The molecule has 6 rings (SSSR count). The van der Waals surface area contributed by atoms with Crippen LogP contribution in [0.5, 0.6) is 0 Å². The average Bonchev–Trinajstić information content (AvgIpc) is 3.19. The molecule has 0 bridgehead atoms. The number of nitrogens with two attached hydrogens (primary N) is 1. The predicted molar refractivity (Wildman–Crippen MR) is 269 cm³/mol. The molecule has 0 aromatic heterocycles. The number of benzene rings is 4. The molecule has 4 aromatic carbocycles. The number of sulfonamides is 1. The van der Waals surface area contributed by atoms with Crippen molar-refractivity contribution in [1.29, 1.82) is 0 Å². The Morgan fingerprint density at radius 2 is 1.00 bits per heavy atom. The van der Waals surface area contributed by atoms with Crippen LogP contribution in [0.25, 0.3) is 0 Å². The lowest BCUT2D eigenvalue weighted by atomic mass is 9.82. The summed E-state index contributed by atoms with van der Waals surface area (Å²) in [5, 5.41) is 28.3. The zero-order chi connectivity index (χ0) is 51.5. The Bertz CT molecular complexity index is 2490. The Kier molecular flexibility index (Phi) is 21.3. The van der Waals surface area contributed by atoms with E-state index in [1.807, 2.05) is 0 Å². The van der Waals surface area contributed by atoms with Crippen LogP contribution >= 0.6 is 10.7 Å². The molecule has 10 nitrogen and oxygen atoms in total. The number of aliphatic hydroxyl groups is 2. The van der Waals surface area contributed by atoms with Crippen molar-refractivity contribution in [2.45, 2.75) is 142 Å². The van der Waals surface area contributed by atoms with E-state index in [1.165, 1.54) is 45.5 Å². The molecule has 69 heavy (non-hydrogen) atoms. The minimum atomic E-state index is -3.65. The summed E-state index contributed by atoms with van der Waals surface area (Å²) in [6.45, 7) is 13.8. The molecule has 0 radical (unpaired) electrons. The van der Waals surface area contributed by atoms with Gasteiger partial charge in [0, 0.05) is 54.0 Å². The van der Waals surface area contributed by atoms with Crippen LogP contribution in [-0.4, -0.2) is 76.9 Å². The van der Waals surface area contributed by atoms with Gasteiger partial charge in [-0.2, -0.15) is 0 Å². The lowest BCUT2D eigenvalue weighted by molar-refractivity contribution is 0.130. The van der Waals surface area contributed by atoms with Crippen molar-refractivity contribution >= 4 is 29.8 Å².